The molecule has 4 rings (SSSR count). The number of hydrogen-bond acceptors (Lipinski definition) is 4. The molecule has 1 atom stereocenters. The lowest BCUT2D eigenvalue weighted by Crippen LogP contribution is -2.28. The first kappa shape index (κ1) is 17.1. The maximum Gasteiger partial charge on any atom is 0.273 e. The van der Waals surface area contributed by atoms with E-state index in [1.807, 2.05) is 0 Å². The van der Waals surface area contributed by atoms with Crippen LogP contribution in [0.4, 0.5) is 8.78 Å². The summed E-state index contributed by atoms with van der Waals surface area (Å²) in [6, 6.07) is 9.67. The average Bonchev–Trinajstić information content (AvgIpc) is 3.07. The molecule has 1 N–H and O–H groups in total. The Morgan fingerprint density at radius 1 is 1.15 bits per heavy atom. The summed E-state index contributed by atoms with van der Waals surface area (Å²) in [5.74, 6) is -0.705. The van der Waals surface area contributed by atoms with Gasteiger partial charge in [0.25, 0.3) is 5.91 Å². The van der Waals surface area contributed by atoms with E-state index < -0.39 is 5.91 Å². The zero-order valence-electron chi connectivity index (χ0n) is 14.2. The Balaban J connectivity index is 1.54. The Kier molecular flexibility index (Phi) is 4.53. The standard InChI is InChI=1S/C19H16F2N4O2/c20-12-3-6-14(7-4-12)25-11-17(23-24-25)19(26)22-16-2-1-9-27-18-10-13(21)5-8-15(16)18/h3-8,10-11,16H,1-2,9H2,(H,22,26). The van der Waals surface area contributed by atoms with Crippen molar-refractivity contribution < 1.29 is 18.3 Å². The molecule has 1 amide bonds. The van der Waals surface area contributed by atoms with E-state index in [1.54, 1.807) is 18.2 Å². The quantitative estimate of drug-likeness (QED) is 0.769. The van der Waals surface area contributed by atoms with Crippen molar-refractivity contribution in [3.63, 3.8) is 0 Å². The summed E-state index contributed by atoms with van der Waals surface area (Å²) in [7, 11) is 0. The molecule has 0 saturated carbocycles. The second-order valence-electron chi connectivity index (χ2n) is 6.22. The summed E-state index contributed by atoms with van der Waals surface area (Å²) < 4.78 is 33.5. The molecule has 1 aliphatic heterocycles. The number of benzene rings is 2. The number of nitrogens with zero attached hydrogens (tertiary/aromatic N) is 3. The number of aromatic nitrogens is 3. The number of ether oxygens (including phenoxy) is 1. The lowest BCUT2D eigenvalue weighted by Gasteiger charge is -2.17. The van der Waals surface area contributed by atoms with Crippen LogP contribution in [0.3, 0.4) is 0 Å². The minimum Gasteiger partial charge on any atom is -0.493 e. The Morgan fingerprint density at radius 2 is 1.93 bits per heavy atom. The molecule has 0 saturated heterocycles. The molecule has 8 heteroatoms. The third-order valence-electron chi connectivity index (χ3n) is 4.37. The van der Waals surface area contributed by atoms with E-state index in [2.05, 4.69) is 15.6 Å². The summed E-state index contributed by atoms with van der Waals surface area (Å²) in [6.07, 6.45) is 2.86. The Morgan fingerprint density at radius 3 is 2.74 bits per heavy atom. The van der Waals surface area contributed by atoms with Crippen LogP contribution >= 0.6 is 0 Å². The van der Waals surface area contributed by atoms with Crippen LogP contribution in [0.1, 0.15) is 34.9 Å². The molecule has 0 radical (unpaired) electrons. The number of hydrogen-bond donors (Lipinski definition) is 1. The van der Waals surface area contributed by atoms with Gasteiger partial charge in [-0.15, -0.1) is 5.10 Å². The van der Waals surface area contributed by atoms with Gasteiger partial charge in [0, 0.05) is 11.6 Å². The van der Waals surface area contributed by atoms with E-state index in [9.17, 15) is 13.6 Å². The minimum absolute atomic E-state index is 0.133. The van der Waals surface area contributed by atoms with E-state index >= 15 is 0 Å². The Bertz CT molecular complexity index is 972. The molecule has 0 bridgehead atoms. The SMILES string of the molecule is O=C(NC1CCCOc2cc(F)ccc21)c1cn(-c2ccc(F)cc2)nn1. The molecule has 3 aromatic rings. The fourth-order valence-corrected chi connectivity index (χ4v) is 3.02. The van der Waals surface area contributed by atoms with Crippen molar-refractivity contribution in [3.05, 3.63) is 71.6 Å². The van der Waals surface area contributed by atoms with Gasteiger partial charge in [-0.1, -0.05) is 11.3 Å². The lowest BCUT2D eigenvalue weighted by molar-refractivity contribution is 0.0929. The Hall–Kier alpha value is -3.29. The maximum atomic E-state index is 13.5. The number of amides is 1. The molecule has 0 fully saturated rings. The van der Waals surface area contributed by atoms with E-state index in [-0.39, 0.29) is 23.4 Å². The van der Waals surface area contributed by atoms with Gasteiger partial charge in [-0.05, 0) is 43.2 Å². The van der Waals surface area contributed by atoms with Crippen molar-refractivity contribution in [2.45, 2.75) is 18.9 Å². The first-order valence-corrected chi connectivity index (χ1v) is 8.51. The molecule has 1 unspecified atom stereocenters. The van der Waals surface area contributed by atoms with Gasteiger partial charge in [0.15, 0.2) is 5.69 Å². The first-order chi connectivity index (χ1) is 13.1. The fourth-order valence-electron chi connectivity index (χ4n) is 3.02. The molecule has 1 aromatic heterocycles. The molecule has 6 nitrogen and oxygen atoms in total. The molecular weight excluding hydrogens is 354 g/mol. The fraction of sp³-hybridized carbons (Fsp3) is 0.211. The lowest BCUT2D eigenvalue weighted by atomic mass is 10.0. The highest BCUT2D eigenvalue weighted by Gasteiger charge is 2.23. The van der Waals surface area contributed by atoms with Crippen molar-refractivity contribution >= 4 is 5.91 Å². The number of carbonyl (C=O) groups is 1. The van der Waals surface area contributed by atoms with Crippen LogP contribution in [-0.2, 0) is 0 Å². The van der Waals surface area contributed by atoms with Crippen LogP contribution in [-0.4, -0.2) is 27.5 Å². The third-order valence-corrected chi connectivity index (χ3v) is 4.37. The molecule has 27 heavy (non-hydrogen) atoms. The molecule has 2 heterocycles. The highest BCUT2D eigenvalue weighted by Crippen LogP contribution is 2.32. The number of nitrogens with one attached hydrogen (secondary N) is 1. The highest BCUT2D eigenvalue weighted by atomic mass is 19.1. The van der Waals surface area contributed by atoms with Gasteiger partial charge in [0.1, 0.15) is 17.4 Å². The number of rotatable bonds is 3. The largest absolute Gasteiger partial charge is 0.493 e. The molecule has 1 aliphatic rings. The predicted octanol–water partition coefficient (Wildman–Crippen LogP) is 3.19. The minimum atomic E-state index is -0.398. The van der Waals surface area contributed by atoms with Gasteiger partial charge in [0.2, 0.25) is 0 Å². The first-order valence-electron chi connectivity index (χ1n) is 8.51. The number of halogens is 2. The molecule has 138 valence electrons. The number of carbonyl (C=O) groups excluding carboxylic acids is 1. The van der Waals surface area contributed by atoms with Gasteiger partial charge in [-0.3, -0.25) is 4.79 Å². The summed E-state index contributed by atoms with van der Waals surface area (Å²) in [6.45, 7) is 0.462. The van der Waals surface area contributed by atoms with Crippen LogP contribution in [0.15, 0.2) is 48.7 Å². The number of fused-ring (bicyclic) bond motifs is 1. The summed E-state index contributed by atoms with van der Waals surface area (Å²) >= 11 is 0. The van der Waals surface area contributed by atoms with Crippen LogP contribution in [0.2, 0.25) is 0 Å². The Labute approximate surface area is 153 Å². The van der Waals surface area contributed by atoms with Gasteiger partial charge in [-0.25, -0.2) is 13.5 Å². The van der Waals surface area contributed by atoms with Crippen molar-refractivity contribution in [2.75, 3.05) is 6.61 Å². The zero-order chi connectivity index (χ0) is 18.8. The average molecular weight is 370 g/mol. The summed E-state index contributed by atoms with van der Waals surface area (Å²) in [5, 5.41) is 10.7. The summed E-state index contributed by atoms with van der Waals surface area (Å²) in [4.78, 5) is 12.6. The van der Waals surface area contributed by atoms with E-state index in [0.29, 0.717) is 24.5 Å². The van der Waals surface area contributed by atoms with Crippen LogP contribution < -0.4 is 10.1 Å². The van der Waals surface area contributed by atoms with Gasteiger partial charge >= 0.3 is 0 Å². The third kappa shape index (κ3) is 3.64. The van der Waals surface area contributed by atoms with Gasteiger partial charge in [0.05, 0.1) is 24.5 Å². The van der Waals surface area contributed by atoms with Crippen LogP contribution in [0.5, 0.6) is 5.75 Å². The normalized spacial score (nSPS) is 16.1. The molecule has 2 aromatic carbocycles. The second kappa shape index (κ2) is 7.14. The van der Waals surface area contributed by atoms with Gasteiger partial charge < -0.3 is 10.1 Å². The van der Waals surface area contributed by atoms with E-state index in [0.717, 1.165) is 12.0 Å². The van der Waals surface area contributed by atoms with E-state index in [4.69, 9.17) is 4.74 Å². The van der Waals surface area contributed by atoms with E-state index in [1.165, 1.54) is 35.1 Å². The molecular formula is C19H16F2N4O2. The predicted molar refractivity (Wildman–Crippen MR) is 92.7 cm³/mol. The highest BCUT2D eigenvalue weighted by molar-refractivity contribution is 5.92. The summed E-state index contributed by atoms with van der Waals surface area (Å²) in [5.41, 5.74) is 1.45. The van der Waals surface area contributed by atoms with Crippen molar-refractivity contribution in [1.29, 1.82) is 0 Å². The van der Waals surface area contributed by atoms with Crippen molar-refractivity contribution in [1.82, 2.24) is 20.3 Å². The van der Waals surface area contributed by atoms with Crippen molar-refractivity contribution in [2.24, 2.45) is 0 Å². The topological polar surface area (TPSA) is 69.0 Å². The second-order valence-corrected chi connectivity index (χ2v) is 6.22. The van der Waals surface area contributed by atoms with Crippen molar-refractivity contribution in [3.8, 4) is 11.4 Å². The molecule has 0 spiro atoms. The molecule has 0 aliphatic carbocycles. The monoisotopic (exact) mass is 370 g/mol. The van der Waals surface area contributed by atoms with Gasteiger partial charge in [-0.2, -0.15) is 0 Å². The smallest absolute Gasteiger partial charge is 0.273 e. The van der Waals surface area contributed by atoms with Crippen LogP contribution in [0.25, 0.3) is 5.69 Å². The zero-order valence-corrected chi connectivity index (χ0v) is 14.2. The van der Waals surface area contributed by atoms with Crippen LogP contribution in [0, 0.1) is 11.6 Å². The maximum absolute atomic E-state index is 13.5.